The van der Waals surface area contributed by atoms with Gasteiger partial charge in [-0.3, -0.25) is 14.9 Å². The maximum absolute atomic E-state index is 12.9. The number of methoxy groups -OCH3 is 1. The van der Waals surface area contributed by atoms with E-state index in [9.17, 15) is 4.79 Å². The Morgan fingerprint density at radius 3 is 2.74 bits per heavy atom. The molecular weight excluding hydrogens is 390 g/mol. The lowest BCUT2D eigenvalue weighted by Gasteiger charge is -2.11. The van der Waals surface area contributed by atoms with Gasteiger partial charge in [0, 0.05) is 22.2 Å². The second-order valence-electron chi connectivity index (χ2n) is 7.53. The number of hydrogen-bond donors (Lipinski definition) is 2. The van der Waals surface area contributed by atoms with Crippen molar-refractivity contribution in [1.82, 2.24) is 20.2 Å². The van der Waals surface area contributed by atoms with Crippen LogP contribution in [0, 0.1) is 13.8 Å². The number of amides is 1. The minimum absolute atomic E-state index is 0.208. The van der Waals surface area contributed by atoms with Crippen LogP contribution in [0.5, 0.6) is 5.75 Å². The topological polar surface area (TPSA) is 92.8 Å². The SMILES string of the molecule is CCCc1cc(OC)cc(C(=O)Nc2cnc(C)c(-c3ccc4c(C)n[nH]c4n3)c2)c1. The van der Waals surface area contributed by atoms with E-state index in [-0.39, 0.29) is 5.91 Å². The van der Waals surface area contributed by atoms with Crippen molar-refractivity contribution in [2.75, 3.05) is 12.4 Å². The van der Waals surface area contributed by atoms with Crippen molar-refractivity contribution < 1.29 is 9.53 Å². The molecule has 1 amide bonds. The van der Waals surface area contributed by atoms with E-state index in [1.165, 1.54) is 0 Å². The Bertz CT molecular complexity index is 1260. The molecule has 0 spiro atoms. The van der Waals surface area contributed by atoms with Gasteiger partial charge < -0.3 is 10.1 Å². The molecule has 0 radical (unpaired) electrons. The normalized spacial score (nSPS) is 11.0. The molecule has 0 saturated heterocycles. The first-order valence-electron chi connectivity index (χ1n) is 10.3. The predicted octanol–water partition coefficient (Wildman–Crippen LogP) is 4.85. The monoisotopic (exact) mass is 415 g/mol. The number of anilines is 1. The highest BCUT2D eigenvalue weighted by Gasteiger charge is 2.13. The van der Waals surface area contributed by atoms with Crippen LogP contribution in [0.1, 0.15) is 40.7 Å². The van der Waals surface area contributed by atoms with Crippen LogP contribution < -0.4 is 10.1 Å². The van der Waals surface area contributed by atoms with Gasteiger partial charge in [0.15, 0.2) is 5.65 Å². The zero-order chi connectivity index (χ0) is 22.0. The molecule has 7 nitrogen and oxygen atoms in total. The van der Waals surface area contributed by atoms with Gasteiger partial charge in [-0.25, -0.2) is 4.98 Å². The summed E-state index contributed by atoms with van der Waals surface area (Å²) in [5, 5.41) is 11.1. The molecule has 1 aromatic carbocycles. The summed E-state index contributed by atoms with van der Waals surface area (Å²) < 4.78 is 5.36. The van der Waals surface area contributed by atoms with Crippen molar-refractivity contribution in [3.05, 3.63) is 65.1 Å². The third-order valence-electron chi connectivity index (χ3n) is 5.24. The number of carbonyl (C=O) groups is 1. The molecule has 31 heavy (non-hydrogen) atoms. The van der Waals surface area contributed by atoms with E-state index in [2.05, 4.69) is 32.4 Å². The van der Waals surface area contributed by atoms with Crippen molar-refractivity contribution in [3.63, 3.8) is 0 Å². The minimum Gasteiger partial charge on any atom is -0.497 e. The number of nitrogens with zero attached hydrogens (tertiary/aromatic N) is 3. The molecule has 4 aromatic rings. The fourth-order valence-corrected chi connectivity index (χ4v) is 3.59. The lowest BCUT2D eigenvalue weighted by Crippen LogP contribution is -2.13. The smallest absolute Gasteiger partial charge is 0.255 e. The number of rotatable bonds is 6. The number of aromatic amines is 1. The number of pyridine rings is 2. The van der Waals surface area contributed by atoms with E-state index in [1.54, 1.807) is 19.4 Å². The van der Waals surface area contributed by atoms with Crippen molar-refractivity contribution in [1.29, 1.82) is 0 Å². The molecule has 0 fully saturated rings. The number of aromatic nitrogens is 4. The number of ether oxygens (including phenoxy) is 1. The summed E-state index contributed by atoms with van der Waals surface area (Å²) in [5.74, 6) is 0.464. The summed E-state index contributed by atoms with van der Waals surface area (Å²) in [5.41, 5.74) is 6.31. The average Bonchev–Trinajstić information content (AvgIpc) is 3.15. The van der Waals surface area contributed by atoms with Gasteiger partial charge in [-0.2, -0.15) is 5.10 Å². The lowest BCUT2D eigenvalue weighted by atomic mass is 10.1. The van der Waals surface area contributed by atoms with Crippen LogP contribution in [-0.4, -0.2) is 33.2 Å². The van der Waals surface area contributed by atoms with Gasteiger partial charge in [0.05, 0.1) is 30.4 Å². The zero-order valence-electron chi connectivity index (χ0n) is 18.1. The summed E-state index contributed by atoms with van der Waals surface area (Å²) in [6.45, 7) is 5.96. The molecule has 0 bridgehead atoms. The van der Waals surface area contributed by atoms with Gasteiger partial charge >= 0.3 is 0 Å². The zero-order valence-corrected chi connectivity index (χ0v) is 18.1. The Hall–Kier alpha value is -3.74. The first-order chi connectivity index (χ1) is 15.0. The number of fused-ring (bicyclic) bond motifs is 1. The quantitative estimate of drug-likeness (QED) is 0.470. The van der Waals surface area contributed by atoms with Gasteiger partial charge in [-0.1, -0.05) is 13.3 Å². The Morgan fingerprint density at radius 2 is 1.97 bits per heavy atom. The van der Waals surface area contributed by atoms with Crippen LogP contribution in [0.25, 0.3) is 22.3 Å². The fourth-order valence-electron chi connectivity index (χ4n) is 3.59. The van der Waals surface area contributed by atoms with E-state index < -0.39 is 0 Å². The van der Waals surface area contributed by atoms with Crippen LogP contribution in [0.4, 0.5) is 5.69 Å². The molecule has 0 unspecified atom stereocenters. The van der Waals surface area contributed by atoms with Gasteiger partial charge in [-0.15, -0.1) is 0 Å². The molecule has 2 N–H and O–H groups in total. The largest absolute Gasteiger partial charge is 0.497 e. The third-order valence-corrected chi connectivity index (χ3v) is 5.24. The Labute approximate surface area is 180 Å². The van der Waals surface area contributed by atoms with E-state index in [0.717, 1.165) is 52.1 Å². The third kappa shape index (κ3) is 4.26. The lowest BCUT2D eigenvalue weighted by molar-refractivity contribution is 0.102. The number of carbonyl (C=O) groups excluding carboxylic acids is 1. The van der Waals surface area contributed by atoms with Crippen LogP contribution in [-0.2, 0) is 6.42 Å². The summed E-state index contributed by atoms with van der Waals surface area (Å²) in [6.07, 6.45) is 3.53. The predicted molar refractivity (Wildman–Crippen MR) is 122 cm³/mol. The molecule has 0 aliphatic rings. The highest BCUT2D eigenvalue weighted by atomic mass is 16.5. The van der Waals surface area contributed by atoms with E-state index in [1.807, 2.05) is 44.2 Å². The number of hydrogen-bond acceptors (Lipinski definition) is 5. The maximum Gasteiger partial charge on any atom is 0.255 e. The van der Waals surface area contributed by atoms with Gasteiger partial charge in [0.1, 0.15) is 5.75 Å². The van der Waals surface area contributed by atoms with Gasteiger partial charge in [0.2, 0.25) is 0 Å². The number of benzene rings is 1. The van der Waals surface area contributed by atoms with E-state index >= 15 is 0 Å². The minimum atomic E-state index is -0.208. The number of nitrogens with one attached hydrogen (secondary N) is 2. The first-order valence-corrected chi connectivity index (χ1v) is 10.3. The molecule has 158 valence electrons. The van der Waals surface area contributed by atoms with Crippen LogP contribution in [0.2, 0.25) is 0 Å². The van der Waals surface area contributed by atoms with Gasteiger partial charge in [0.25, 0.3) is 5.91 Å². The van der Waals surface area contributed by atoms with Crippen molar-refractivity contribution in [3.8, 4) is 17.0 Å². The molecular formula is C24H25N5O2. The first kappa shape index (κ1) is 20.5. The summed E-state index contributed by atoms with van der Waals surface area (Å²) in [6, 6.07) is 11.4. The second-order valence-corrected chi connectivity index (χ2v) is 7.53. The van der Waals surface area contributed by atoms with Crippen molar-refractivity contribution >= 4 is 22.6 Å². The number of H-pyrrole nitrogens is 1. The van der Waals surface area contributed by atoms with Crippen molar-refractivity contribution in [2.24, 2.45) is 0 Å². The molecule has 0 saturated carbocycles. The van der Waals surface area contributed by atoms with E-state index in [4.69, 9.17) is 4.74 Å². The highest BCUT2D eigenvalue weighted by Crippen LogP contribution is 2.26. The van der Waals surface area contributed by atoms with Crippen LogP contribution in [0.15, 0.2) is 42.6 Å². The standard InChI is InChI=1S/C24H25N5O2/c1-5-6-16-9-17(11-19(10-16)31-4)24(30)26-18-12-21(14(2)25-13-18)22-8-7-20-15(3)28-29-23(20)27-22/h7-13H,5-6H2,1-4H3,(H,26,30)(H,27,28,29). The Morgan fingerprint density at radius 1 is 1.13 bits per heavy atom. The molecule has 3 heterocycles. The molecule has 4 rings (SSSR count). The molecule has 0 aliphatic heterocycles. The molecule has 7 heteroatoms. The number of aryl methyl sites for hydroxylation is 3. The summed E-state index contributed by atoms with van der Waals surface area (Å²) >= 11 is 0. The Kier molecular flexibility index (Phi) is 5.66. The Balaban J connectivity index is 1.64. The van der Waals surface area contributed by atoms with E-state index in [0.29, 0.717) is 17.0 Å². The molecule has 0 aliphatic carbocycles. The van der Waals surface area contributed by atoms with Crippen LogP contribution >= 0.6 is 0 Å². The maximum atomic E-state index is 12.9. The summed E-state index contributed by atoms with van der Waals surface area (Å²) in [4.78, 5) is 22.1. The average molecular weight is 415 g/mol. The van der Waals surface area contributed by atoms with Crippen LogP contribution in [0.3, 0.4) is 0 Å². The van der Waals surface area contributed by atoms with Gasteiger partial charge in [-0.05, 0) is 62.2 Å². The molecule has 0 atom stereocenters. The molecule has 3 aromatic heterocycles. The highest BCUT2D eigenvalue weighted by molar-refractivity contribution is 6.04. The summed E-state index contributed by atoms with van der Waals surface area (Å²) in [7, 11) is 1.61. The van der Waals surface area contributed by atoms with Crippen molar-refractivity contribution in [2.45, 2.75) is 33.6 Å². The second kappa shape index (κ2) is 8.55. The fraction of sp³-hybridized carbons (Fsp3) is 0.250.